The minimum atomic E-state index is -4.88. The summed E-state index contributed by atoms with van der Waals surface area (Å²) < 4.78 is 54.9. The molecule has 0 unspecified atom stereocenters. The first-order valence-corrected chi connectivity index (χ1v) is 11.0. The minimum Gasteiger partial charge on any atom is -0.399 e. The zero-order chi connectivity index (χ0) is 26.1. The first-order valence-electron chi connectivity index (χ1n) is 11.0. The fourth-order valence-corrected chi connectivity index (χ4v) is 3.89. The van der Waals surface area contributed by atoms with Gasteiger partial charge in [0.2, 0.25) is 5.60 Å². The minimum absolute atomic E-state index is 0.101. The van der Waals surface area contributed by atoms with Crippen LogP contribution in [0.15, 0.2) is 59.9 Å². The van der Waals surface area contributed by atoms with Crippen molar-refractivity contribution in [2.24, 2.45) is 5.16 Å². The zero-order valence-electron chi connectivity index (χ0n) is 19.7. The van der Waals surface area contributed by atoms with E-state index in [0.29, 0.717) is 22.5 Å². The largest absolute Gasteiger partial charge is 0.423 e. The maximum atomic E-state index is 13.5. The second-order valence-electron chi connectivity index (χ2n) is 8.29. The number of oxime groups is 1. The molecule has 0 spiro atoms. The van der Waals surface area contributed by atoms with Crippen LogP contribution in [-0.4, -0.2) is 44.1 Å². The molecule has 7 nitrogen and oxygen atoms in total. The van der Waals surface area contributed by atoms with Crippen LogP contribution in [0.4, 0.5) is 17.6 Å². The van der Waals surface area contributed by atoms with Crippen molar-refractivity contribution in [3.8, 4) is 11.1 Å². The van der Waals surface area contributed by atoms with Gasteiger partial charge < -0.3 is 9.94 Å². The summed E-state index contributed by atoms with van der Waals surface area (Å²) in [5, 5.41) is 22.2. The average Bonchev–Trinajstić information content (AvgIpc) is 3.31. The maximum Gasteiger partial charge on any atom is 0.423 e. The Bertz CT molecular complexity index is 1420. The van der Waals surface area contributed by atoms with Gasteiger partial charge in [-0.15, -0.1) is 5.10 Å². The van der Waals surface area contributed by atoms with E-state index in [4.69, 9.17) is 4.84 Å². The van der Waals surface area contributed by atoms with E-state index >= 15 is 0 Å². The molecule has 0 aliphatic heterocycles. The van der Waals surface area contributed by atoms with Crippen molar-refractivity contribution in [2.75, 3.05) is 7.11 Å². The third kappa shape index (κ3) is 4.78. The van der Waals surface area contributed by atoms with Crippen LogP contribution in [0, 0.1) is 5.82 Å². The highest BCUT2D eigenvalue weighted by molar-refractivity contribution is 6.03. The van der Waals surface area contributed by atoms with Crippen molar-refractivity contribution in [2.45, 2.75) is 38.6 Å². The molecular weight excluding hydrogens is 478 g/mol. The molecule has 188 valence electrons. The number of rotatable bonds is 7. The number of hydrogen-bond acceptors (Lipinski definition) is 6. The Hall–Kier alpha value is -3.86. The molecule has 1 atom stereocenters. The molecule has 36 heavy (non-hydrogen) atoms. The summed E-state index contributed by atoms with van der Waals surface area (Å²) in [5.41, 5.74) is 0.291. The topological polar surface area (TPSA) is 85.4 Å². The van der Waals surface area contributed by atoms with Crippen LogP contribution in [0.1, 0.15) is 37.2 Å². The molecule has 2 heterocycles. The first kappa shape index (κ1) is 25.2. The van der Waals surface area contributed by atoms with Gasteiger partial charge in [-0.3, -0.25) is 0 Å². The summed E-state index contributed by atoms with van der Waals surface area (Å²) in [7, 11) is 1.42. The van der Waals surface area contributed by atoms with Crippen molar-refractivity contribution in [1.82, 2.24) is 20.0 Å². The van der Waals surface area contributed by atoms with Gasteiger partial charge in [-0.25, -0.2) is 14.1 Å². The highest BCUT2D eigenvalue weighted by atomic mass is 19.4. The second-order valence-corrected chi connectivity index (χ2v) is 8.29. The molecule has 0 aliphatic carbocycles. The Morgan fingerprint density at radius 1 is 1.11 bits per heavy atom. The highest BCUT2D eigenvalue weighted by Crippen LogP contribution is 2.40. The lowest BCUT2D eigenvalue weighted by molar-refractivity contribution is -0.269. The molecule has 11 heteroatoms. The lowest BCUT2D eigenvalue weighted by Crippen LogP contribution is -2.42. The van der Waals surface area contributed by atoms with E-state index in [1.165, 1.54) is 30.8 Å². The van der Waals surface area contributed by atoms with Crippen LogP contribution >= 0.6 is 0 Å². The second kappa shape index (κ2) is 9.65. The Morgan fingerprint density at radius 3 is 2.47 bits per heavy atom. The van der Waals surface area contributed by atoms with Gasteiger partial charge in [0.25, 0.3) is 0 Å². The lowest BCUT2D eigenvalue weighted by atomic mass is 9.96. The van der Waals surface area contributed by atoms with E-state index in [2.05, 4.69) is 20.5 Å². The number of hydrogen-bond donors (Lipinski definition) is 1. The van der Waals surface area contributed by atoms with Crippen molar-refractivity contribution in [3.05, 3.63) is 77.5 Å². The first-order chi connectivity index (χ1) is 17.1. The van der Waals surface area contributed by atoms with Crippen LogP contribution < -0.4 is 0 Å². The van der Waals surface area contributed by atoms with E-state index in [1.807, 2.05) is 12.1 Å². The Morgan fingerprint density at radius 2 is 1.83 bits per heavy atom. The predicted molar refractivity (Wildman–Crippen MR) is 126 cm³/mol. The predicted octanol–water partition coefficient (Wildman–Crippen LogP) is 5.21. The van der Waals surface area contributed by atoms with Gasteiger partial charge in [0.15, 0.2) is 0 Å². The van der Waals surface area contributed by atoms with Crippen molar-refractivity contribution < 1.29 is 27.5 Å². The Kier molecular flexibility index (Phi) is 6.77. The van der Waals surface area contributed by atoms with Crippen molar-refractivity contribution in [1.29, 1.82) is 0 Å². The summed E-state index contributed by atoms with van der Waals surface area (Å²) in [6, 6.07) is 13.3. The number of halogens is 4. The third-order valence-corrected chi connectivity index (χ3v) is 5.92. The number of aliphatic hydroxyl groups is 1. The summed E-state index contributed by atoms with van der Waals surface area (Å²) in [5.74, 6) is -0.357. The number of pyridine rings is 1. The quantitative estimate of drug-likeness (QED) is 0.214. The molecule has 0 aliphatic rings. The molecular formula is C25H23F4N5O2. The number of aromatic nitrogens is 4. The summed E-state index contributed by atoms with van der Waals surface area (Å²) in [4.78, 5) is 9.55. The summed E-state index contributed by atoms with van der Waals surface area (Å²) in [6.45, 7) is 3.07. The molecule has 0 amide bonds. The number of alkyl halides is 3. The van der Waals surface area contributed by atoms with Gasteiger partial charge in [-0.1, -0.05) is 41.6 Å². The van der Waals surface area contributed by atoms with Crippen molar-refractivity contribution in [3.63, 3.8) is 0 Å². The molecule has 2 aromatic carbocycles. The highest BCUT2D eigenvalue weighted by Gasteiger charge is 2.55. The summed E-state index contributed by atoms with van der Waals surface area (Å²) in [6.07, 6.45) is -4.39. The molecule has 4 rings (SSSR count). The van der Waals surface area contributed by atoms with E-state index in [0.717, 1.165) is 22.7 Å². The molecule has 0 bridgehead atoms. The Labute approximate surface area is 204 Å². The van der Waals surface area contributed by atoms with E-state index in [9.17, 15) is 22.7 Å². The van der Waals surface area contributed by atoms with E-state index in [1.54, 1.807) is 31.2 Å². The summed E-state index contributed by atoms with van der Waals surface area (Å²) >= 11 is 0. The number of nitrogens with zero attached hydrogens (tertiary/aromatic N) is 5. The molecule has 1 N–H and O–H groups in total. The van der Waals surface area contributed by atoms with Crippen LogP contribution in [0.3, 0.4) is 0 Å². The molecule has 4 aromatic rings. The van der Waals surface area contributed by atoms with Crippen LogP contribution in [0.25, 0.3) is 22.0 Å². The number of fused-ring (bicyclic) bond motifs is 1. The molecule has 2 aromatic heterocycles. The standard InChI is InChI=1S/C25H23F4N5O2/c1-4-24(35,25(27,28)29)23-14-34(33-31-23)13-16-5-10-19-20(17-6-8-18(26)9-7-17)12-21(15(2)32-36-3)30-22(19)11-16/h5-12,14,35H,4,13H2,1-3H3/b32-15+/t24-/m0/s1. The smallest absolute Gasteiger partial charge is 0.399 e. The van der Waals surface area contributed by atoms with Crippen LogP contribution in [0.2, 0.25) is 0 Å². The SMILES string of the molecule is CC[C@](O)(c1cn(Cc2ccc3c(-c4ccc(F)cc4)cc(/C(C)=N/OC)nc3c2)nn1)C(F)(F)F. The molecule has 0 fully saturated rings. The van der Waals surface area contributed by atoms with Gasteiger partial charge in [0.1, 0.15) is 24.3 Å². The average molecular weight is 501 g/mol. The van der Waals surface area contributed by atoms with E-state index in [-0.39, 0.29) is 12.4 Å². The van der Waals surface area contributed by atoms with Crippen LogP contribution in [0.5, 0.6) is 0 Å². The number of benzene rings is 2. The monoisotopic (exact) mass is 501 g/mol. The fraction of sp³-hybridized carbons (Fsp3) is 0.280. The normalized spacial score (nSPS) is 14.2. The third-order valence-electron chi connectivity index (χ3n) is 5.92. The molecule has 0 saturated carbocycles. The van der Waals surface area contributed by atoms with Gasteiger partial charge in [-0.2, -0.15) is 13.2 Å². The van der Waals surface area contributed by atoms with Gasteiger partial charge in [0, 0.05) is 5.39 Å². The Balaban J connectivity index is 1.75. The zero-order valence-corrected chi connectivity index (χ0v) is 19.7. The van der Waals surface area contributed by atoms with Crippen molar-refractivity contribution >= 4 is 16.6 Å². The maximum absolute atomic E-state index is 13.5. The fourth-order valence-electron chi connectivity index (χ4n) is 3.89. The lowest BCUT2D eigenvalue weighted by Gasteiger charge is -2.26. The van der Waals surface area contributed by atoms with Crippen LogP contribution in [-0.2, 0) is 17.0 Å². The molecule has 0 radical (unpaired) electrons. The van der Waals surface area contributed by atoms with Gasteiger partial charge in [-0.05, 0) is 54.3 Å². The molecule has 0 saturated heterocycles. The van der Waals surface area contributed by atoms with Gasteiger partial charge >= 0.3 is 6.18 Å². The van der Waals surface area contributed by atoms with Gasteiger partial charge in [0.05, 0.1) is 24.0 Å². The van der Waals surface area contributed by atoms with E-state index < -0.39 is 23.9 Å².